The molecule has 0 bridgehead atoms. The number of fused-ring (bicyclic) bond motifs is 9. The quantitative estimate of drug-likeness (QED) is 0.151. The summed E-state index contributed by atoms with van der Waals surface area (Å²) in [7, 11) is 0. The topological polar surface area (TPSA) is 3.24 Å². The van der Waals surface area contributed by atoms with Crippen LogP contribution in [0.3, 0.4) is 0 Å². The van der Waals surface area contributed by atoms with Gasteiger partial charge >= 0.3 is 0 Å². The first-order chi connectivity index (χ1) is 30.8. The highest BCUT2D eigenvalue weighted by atomic mass is 15.1. The van der Waals surface area contributed by atoms with Crippen LogP contribution < -0.4 is 4.90 Å². The van der Waals surface area contributed by atoms with Crippen molar-refractivity contribution in [1.29, 1.82) is 0 Å². The lowest BCUT2D eigenvalue weighted by Crippen LogP contribution is -2.17. The van der Waals surface area contributed by atoms with Gasteiger partial charge in [0.1, 0.15) is 0 Å². The van der Waals surface area contributed by atoms with Crippen molar-refractivity contribution in [2.24, 2.45) is 0 Å². The second kappa shape index (κ2) is 14.0. The molecule has 10 aromatic rings. The average Bonchev–Trinajstić information content (AvgIpc) is 3.71. The number of nitrogens with zero attached hydrogens (tertiary/aromatic N) is 1. The van der Waals surface area contributed by atoms with Gasteiger partial charge in [0.25, 0.3) is 0 Å². The molecule has 0 fully saturated rings. The Morgan fingerprint density at radius 1 is 0.302 bits per heavy atom. The van der Waals surface area contributed by atoms with Gasteiger partial charge in [-0.15, -0.1) is 0 Å². The third kappa shape index (κ3) is 5.62. The fourth-order valence-electron chi connectivity index (χ4n) is 11.2. The van der Waals surface area contributed by atoms with Gasteiger partial charge in [0, 0.05) is 27.6 Å². The number of para-hydroxylation sites is 2. The largest absolute Gasteiger partial charge is 0.309 e. The molecule has 0 atom stereocenters. The molecule has 0 amide bonds. The van der Waals surface area contributed by atoms with Crippen LogP contribution in [0, 0.1) is 0 Å². The maximum atomic E-state index is 2.51. The van der Waals surface area contributed by atoms with E-state index in [1.807, 2.05) is 0 Å². The fourth-order valence-corrected chi connectivity index (χ4v) is 11.2. The number of hydrogen-bond donors (Lipinski definition) is 0. The molecule has 0 saturated heterocycles. The molecule has 0 N–H and O–H groups in total. The molecule has 1 heteroatoms. The van der Waals surface area contributed by atoms with Gasteiger partial charge in [-0.25, -0.2) is 0 Å². The lowest BCUT2D eigenvalue weighted by molar-refractivity contribution is 0.660. The maximum Gasteiger partial charge on any atom is 0.0540 e. The van der Waals surface area contributed by atoms with Crippen LogP contribution in [0.15, 0.2) is 212 Å². The minimum atomic E-state index is -0.168. The van der Waals surface area contributed by atoms with Crippen molar-refractivity contribution in [1.82, 2.24) is 0 Å². The fraction of sp³-hybridized carbons (Fsp3) is 0.0968. The summed E-state index contributed by atoms with van der Waals surface area (Å²) >= 11 is 0. The van der Waals surface area contributed by atoms with E-state index in [0.717, 1.165) is 17.1 Å². The van der Waals surface area contributed by atoms with Crippen LogP contribution in [-0.4, -0.2) is 0 Å². The third-order valence-corrected chi connectivity index (χ3v) is 14.3. The highest BCUT2D eigenvalue weighted by molar-refractivity contribution is 6.12. The van der Waals surface area contributed by atoms with Crippen LogP contribution in [0.5, 0.6) is 0 Å². The molecule has 10 aromatic carbocycles. The van der Waals surface area contributed by atoms with Gasteiger partial charge in [-0.3, -0.25) is 0 Å². The van der Waals surface area contributed by atoms with Gasteiger partial charge < -0.3 is 4.90 Å². The molecule has 12 rings (SSSR count). The summed E-state index contributed by atoms with van der Waals surface area (Å²) in [6, 6.07) is 79.1. The van der Waals surface area contributed by atoms with Crippen molar-refractivity contribution in [3.05, 3.63) is 235 Å². The van der Waals surface area contributed by atoms with Gasteiger partial charge in [0.15, 0.2) is 0 Å². The van der Waals surface area contributed by atoms with Crippen LogP contribution in [0.2, 0.25) is 0 Å². The van der Waals surface area contributed by atoms with E-state index in [9.17, 15) is 0 Å². The molecule has 0 heterocycles. The Morgan fingerprint density at radius 2 is 0.810 bits per heavy atom. The summed E-state index contributed by atoms with van der Waals surface area (Å²) in [6.07, 6.45) is 0. The van der Waals surface area contributed by atoms with E-state index >= 15 is 0 Å². The minimum Gasteiger partial charge on any atom is -0.309 e. The molecule has 0 spiro atoms. The van der Waals surface area contributed by atoms with Crippen molar-refractivity contribution >= 4 is 38.6 Å². The van der Waals surface area contributed by atoms with Gasteiger partial charge in [-0.05, 0) is 119 Å². The molecule has 0 radical (unpaired) electrons. The normalized spacial score (nSPS) is 14.0. The zero-order valence-electron chi connectivity index (χ0n) is 36.2. The molecule has 63 heavy (non-hydrogen) atoms. The first-order valence-electron chi connectivity index (χ1n) is 22.3. The van der Waals surface area contributed by atoms with Gasteiger partial charge in [-0.2, -0.15) is 0 Å². The monoisotopic (exact) mass is 805 g/mol. The summed E-state index contributed by atoms with van der Waals surface area (Å²) in [5.41, 5.74) is 21.3. The summed E-state index contributed by atoms with van der Waals surface area (Å²) < 4.78 is 0. The van der Waals surface area contributed by atoms with E-state index in [-0.39, 0.29) is 10.8 Å². The number of benzene rings is 10. The molecule has 0 aromatic heterocycles. The molecule has 300 valence electrons. The van der Waals surface area contributed by atoms with Crippen molar-refractivity contribution in [3.63, 3.8) is 0 Å². The molecule has 2 aliphatic carbocycles. The lowest BCUT2D eigenvalue weighted by Gasteiger charge is -2.32. The smallest absolute Gasteiger partial charge is 0.0540 e. The molecule has 1 nitrogen and oxygen atoms in total. The van der Waals surface area contributed by atoms with E-state index in [2.05, 4.69) is 245 Å². The minimum absolute atomic E-state index is 0.106. The summed E-state index contributed by atoms with van der Waals surface area (Å²) in [4.78, 5) is 2.51. The van der Waals surface area contributed by atoms with E-state index in [4.69, 9.17) is 0 Å². The first kappa shape index (κ1) is 37.3. The summed E-state index contributed by atoms with van der Waals surface area (Å²) in [5, 5.41) is 5.09. The number of hydrogen-bond acceptors (Lipinski definition) is 1. The van der Waals surface area contributed by atoms with Crippen LogP contribution in [0.4, 0.5) is 17.1 Å². The van der Waals surface area contributed by atoms with Crippen molar-refractivity contribution in [2.75, 3.05) is 4.90 Å². The zero-order chi connectivity index (χ0) is 42.5. The second-order valence-electron chi connectivity index (χ2n) is 18.4. The van der Waals surface area contributed by atoms with Crippen LogP contribution >= 0.6 is 0 Å². The van der Waals surface area contributed by atoms with E-state index in [0.29, 0.717) is 0 Å². The molecular formula is C62H47N. The number of anilines is 3. The Bertz CT molecular complexity index is 3460. The highest BCUT2D eigenvalue weighted by Crippen LogP contribution is 2.55. The molecule has 0 aliphatic heterocycles. The highest BCUT2D eigenvalue weighted by Gasteiger charge is 2.38. The Kier molecular flexibility index (Phi) is 8.30. The van der Waals surface area contributed by atoms with E-state index in [1.54, 1.807) is 0 Å². The van der Waals surface area contributed by atoms with Crippen LogP contribution in [-0.2, 0) is 10.8 Å². The Labute approximate surface area is 370 Å². The third-order valence-electron chi connectivity index (χ3n) is 14.3. The average molecular weight is 806 g/mol. The predicted molar refractivity (Wildman–Crippen MR) is 268 cm³/mol. The van der Waals surface area contributed by atoms with Crippen LogP contribution in [0.25, 0.3) is 77.2 Å². The Hall–Kier alpha value is -7.48. The summed E-state index contributed by atoms with van der Waals surface area (Å²) in [5.74, 6) is 0. The second-order valence-corrected chi connectivity index (χ2v) is 18.4. The van der Waals surface area contributed by atoms with Crippen LogP contribution in [0.1, 0.15) is 49.9 Å². The van der Waals surface area contributed by atoms with E-state index < -0.39 is 0 Å². The number of rotatable bonds is 6. The van der Waals surface area contributed by atoms with Crippen molar-refractivity contribution in [2.45, 2.75) is 38.5 Å². The molecule has 0 unspecified atom stereocenters. The molecular weight excluding hydrogens is 759 g/mol. The predicted octanol–water partition coefficient (Wildman–Crippen LogP) is 17.1. The SMILES string of the molecule is CC1(C)c2ccccc2-c2ccc(-c3ccccc3N(c3ccc(-c4cccc5c4ccc4ccccc45)cc3)c3ccccc3-c3cccc4c3C(C)(C)c3ccccc3-4)cc21. The van der Waals surface area contributed by atoms with Gasteiger partial charge in [0.2, 0.25) is 0 Å². The standard InChI is InChI=1S/C62H47N/c1-61(2)55-27-11-7-20-49(55)51-38-34-42(39-57(51)61)46-19-9-13-29-58(46)63(43-35-31-41(32-36-43)45-23-15-24-47-44-18-6-5-17-40(44)33-37-48(45)47)59-30-14-10-22-52(59)54-26-16-25-53-50-21-8-12-28-56(50)62(3,4)60(53)54/h5-39H,1-4H3. The Morgan fingerprint density at radius 3 is 1.57 bits per heavy atom. The first-order valence-corrected chi connectivity index (χ1v) is 22.3. The van der Waals surface area contributed by atoms with Gasteiger partial charge in [-0.1, -0.05) is 210 Å². The van der Waals surface area contributed by atoms with E-state index in [1.165, 1.54) is 99.4 Å². The van der Waals surface area contributed by atoms with Crippen molar-refractivity contribution in [3.8, 4) is 55.6 Å². The molecule has 2 aliphatic rings. The Balaban J connectivity index is 1.06. The molecule has 0 saturated carbocycles. The maximum absolute atomic E-state index is 2.51. The summed E-state index contributed by atoms with van der Waals surface area (Å²) in [6.45, 7) is 9.51. The zero-order valence-corrected chi connectivity index (χ0v) is 36.2. The van der Waals surface area contributed by atoms with Gasteiger partial charge in [0.05, 0.1) is 11.4 Å². The lowest BCUT2D eigenvalue weighted by atomic mass is 9.78. The van der Waals surface area contributed by atoms with Crippen molar-refractivity contribution < 1.29 is 0 Å².